The molecule has 2 aromatic rings. The fraction of sp³-hybridized carbons (Fsp3) is 0.667. The van der Waals surface area contributed by atoms with Gasteiger partial charge in [-0.15, -0.1) is 0 Å². The SMILES string of the molecule is CC[C@H](C)[C@H]1CC(=O)[C@@H](NC(=O)[C@@H](CC(C)C)N(C)C(=O)[C@@H]2CCCN2C(=O)[C@H](C)NC(=O)[C@@H](Cc2ccccc2)NC(=O)OC(C)(C)C)[C@@H](C)OC(=O)[C@H](Cc2ccc(OC)cc2)N(C)C(=O)[C@@H]2CCCN2C(=O)[C@H](CC(C)C)NC(=O)[C@@H](C)C(=O)[C@H](C(C)C)OC(=O)C[C@@H]1O. The molecule has 25 nitrogen and oxygen atoms in total. The topological polar surface area (TPSA) is 323 Å². The molecule has 97 heavy (non-hydrogen) atoms. The van der Waals surface area contributed by atoms with Gasteiger partial charge in [-0.05, 0) is 133 Å². The van der Waals surface area contributed by atoms with Crippen LogP contribution in [0.4, 0.5) is 4.79 Å². The van der Waals surface area contributed by atoms with Crippen LogP contribution in [0.1, 0.15) is 166 Å². The maximum atomic E-state index is 15.4. The highest BCUT2D eigenvalue weighted by Crippen LogP contribution is 2.30. The zero-order chi connectivity index (χ0) is 72.5. The number of fused-ring (bicyclic) bond motifs is 1. The molecule has 0 bridgehead atoms. The summed E-state index contributed by atoms with van der Waals surface area (Å²) >= 11 is 0. The smallest absolute Gasteiger partial charge is 0.408 e. The number of esters is 2. The third-order valence-corrected chi connectivity index (χ3v) is 18.5. The van der Waals surface area contributed by atoms with Gasteiger partial charge in [-0.25, -0.2) is 9.59 Å². The zero-order valence-electron chi connectivity index (χ0n) is 60.0. The number of nitrogens with zero attached hydrogens (tertiary/aromatic N) is 4. The number of cyclic esters (lactones) is 2. The fourth-order valence-corrected chi connectivity index (χ4v) is 12.8. The van der Waals surface area contributed by atoms with E-state index < -0.39 is 180 Å². The molecule has 0 saturated carbocycles. The Morgan fingerprint density at radius 1 is 0.794 bits per heavy atom. The third-order valence-electron chi connectivity index (χ3n) is 18.5. The van der Waals surface area contributed by atoms with Crippen LogP contribution in [-0.2, 0) is 79.8 Å². The van der Waals surface area contributed by atoms with E-state index in [-0.39, 0.29) is 63.5 Å². The van der Waals surface area contributed by atoms with E-state index in [4.69, 9.17) is 18.9 Å². The Morgan fingerprint density at radius 3 is 2.02 bits per heavy atom. The number of alkyl carbamates (subject to hydrolysis) is 1. The summed E-state index contributed by atoms with van der Waals surface area (Å²) in [5.41, 5.74) is 0.404. The van der Waals surface area contributed by atoms with E-state index in [9.17, 15) is 43.5 Å². The van der Waals surface area contributed by atoms with Gasteiger partial charge in [0.2, 0.25) is 41.4 Å². The molecule has 5 rings (SSSR count). The zero-order valence-corrected chi connectivity index (χ0v) is 60.0. The van der Waals surface area contributed by atoms with Crippen molar-refractivity contribution in [2.24, 2.45) is 35.5 Å². The molecule has 0 aromatic heterocycles. The number of amides is 8. The first-order valence-electron chi connectivity index (χ1n) is 34.3. The van der Waals surface area contributed by atoms with Gasteiger partial charge in [-0.2, -0.15) is 0 Å². The number of benzene rings is 2. The van der Waals surface area contributed by atoms with Gasteiger partial charge in [0, 0.05) is 46.4 Å². The molecule has 3 aliphatic heterocycles. The Labute approximate surface area is 572 Å². The summed E-state index contributed by atoms with van der Waals surface area (Å²) in [4.78, 5) is 180. The Kier molecular flexibility index (Phi) is 29.6. The van der Waals surface area contributed by atoms with E-state index in [0.717, 1.165) is 5.56 Å². The molecule has 3 fully saturated rings. The number of likely N-dealkylation sites (N-methyl/N-ethyl adjacent to an activating group) is 2. The maximum Gasteiger partial charge on any atom is 0.408 e. The van der Waals surface area contributed by atoms with Crippen LogP contribution in [0.2, 0.25) is 0 Å². The van der Waals surface area contributed by atoms with Crippen molar-refractivity contribution < 1.29 is 81.6 Å². The number of likely N-dealkylation sites (tertiary alicyclic amines) is 1. The summed E-state index contributed by atoms with van der Waals surface area (Å²) in [6.07, 6.45) is -5.06. The summed E-state index contributed by atoms with van der Waals surface area (Å²) in [5, 5.41) is 23.0. The molecular formula is C72H108N8O17. The van der Waals surface area contributed by atoms with E-state index >= 15 is 19.2 Å². The third kappa shape index (κ3) is 22.3. The van der Waals surface area contributed by atoms with Crippen LogP contribution in [0, 0.1) is 35.5 Å². The number of ketones is 2. The highest BCUT2D eigenvalue weighted by molar-refractivity contribution is 6.05. The minimum absolute atomic E-state index is 0.0265. The van der Waals surface area contributed by atoms with Gasteiger partial charge in [0.05, 0.1) is 25.6 Å². The first-order chi connectivity index (χ1) is 45.5. The quantitative estimate of drug-likeness (QED) is 0.0606. The normalized spacial score (nSPS) is 25.1. The Balaban J connectivity index is 1.55. The fourth-order valence-electron chi connectivity index (χ4n) is 12.8. The number of hydrogen-bond acceptors (Lipinski definition) is 17. The number of carbonyl (C=O) groups excluding carboxylic acids is 12. The van der Waals surface area contributed by atoms with Gasteiger partial charge in [0.15, 0.2) is 17.7 Å². The molecule has 0 unspecified atom stereocenters. The number of aliphatic hydroxyl groups excluding tert-OH is 1. The van der Waals surface area contributed by atoms with Gasteiger partial charge in [-0.1, -0.05) is 104 Å². The minimum Gasteiger partial charge on any atom is -0.497 e. The van der Waals surface area contributed by atoms with Gasteiger partial charge in [0.1, 0.15) is 65.8 Å². The first-order valence-corrected chi connectivity index (χ1v) is 34.3. The van der Waals surface area contributed by atoms with Crippen LogP contribution in [0.5, 0.6) is 5.75 Å². The standard InChI is InChI=1S/C72H108N8O17/c1-18-43(8)50-38-58(82)60(76-65(87)55(35-41(4)5)77(15)68(90)53-26-22-32-79(53)66(88)45(10)73-64(86)51(36-47-24-20-19-21-25-47)75-71(93)97-72(12,13)14)46(11)95-70(92)56(37-48-28-30-49(94-17)31-29-48)78(16)69(91)54-27-23-33-80(54)67(89)52(34-40(2)3)74-63(85)44(9)61(84)62(42(6)7)96-59(83)39-57(50)81/h19-21,24-25,28-31,40-46,50-57,60,62,81H,18,22-23,26-27,32-39H2,1-17H3,(H,73,86)(H,74,85)(H,75,93)(H,76,87)/t43-,44-,45-,46+,50+,51+,52-,53-,54-,55+,56-,57-,60-,62-/m0/s1. The van der Waals surface area contributed by atoms with Crippen molar-refractivity contribution in [3.8, 4) is 5.75 Å². The molecule has 14 atom stereocenters. The lowest BCUT2D eigenvalue weighted by Crippen LogP contribution is -2.60. The molecule has 0 spiro atoms. The van der Waals surface area contributed by atoms with Gasteiger partial charge >= 0.3 is 18.0 Å². The number of Topliss-reactive ketones (excluding diaryl/α,β-unsaturated/α-hetero) is 2. The highest BCUT2D eigenvalue weighted by Gasteiger charge is 2.46. The van der Waals surface area contributed by atoms with E-state index in [1.165, 1.54) is 61.6 Å². The second-order valence-electron chi connectivity index (χ2n) is 28.7. The molecule has 25 heteroatoms. The number of methoxy groups -OCH3 is 1. The van der Waals surface area contributed by atoms with Crippen molar-refractivity contribution in [1.82, 2.24) is 40.9 Å². The van der Waals surface area contributed by atoms with E-state index in [0.29, 0.717) is 30.6 Å². The molecule has 3 aliphatic rings. The van der Waals surface area contributed by atoms with Crippen molar-refractivity contribution >= 4 is 70.9 Å². The monoisotopic (exact) mass is 1360 g/mol. The number of ether oxygens (including phenoxy) is 4. The van der Waals surface area contributed by atoms with E-state index in [2.05, 4.69) is 21.3 Å². The maximum absolute atomic E-state index is 15.4. The number of nitrogens with one attached hydrogen (secondary N) is 4. The van der Waals surface area contributed by atoms with Crippen molar-refractivity contribution in [3.05, 3.63) is 65.7 Å². The highest BCUT2D eigenvalue weighted by atomic mass is 16.6. The number of rotatable bonds is 20. The molecule has 0 radical (unpaired) electrons. The molecule has 538 valence electrons. The predicted molar refractivity (Wildman–Crippen MR) is 361 cm³/mol. The Morgan fingerprint density at radius 2 is 1.43 bits per heavy atom. The molecule has 2 aromatic carbocycles. The molecule has 3 saturated heterocycles. The summed E-state index contributed by atoms with van der Waals surface area (Å²) in [6.45, 7) is 23.6. The summed E-state index contributed by atoms with van der Waals surface area (Å²) in [7, 11) is 4.29. The van der Waals surface area contributed by atoms with Crippen LogP contribution < -0.4 is 26.0 Å². The van der Waals surface area contributed by atoms with Gasteiger partial charge in [0.25, 0.3) is 0 Å². The Hall–Kier alpha value is -7.96. The summed E-state index contributed by atoms with van der Waals surface area (Å²) in [5.74, 6) is -11.8. The Bertz CT molecular complexity index is 3080. The predicted octanol–water partition coefficient (Wildman–Crippen LogP) is 5.67. The van der Waals surface area contributed by atoms with Crippen LogP contribution in [0.3, 0.4) is 0 Å². The van der Waals surface area contributed by atoms with Gasteiger partial charge < -0.3 is 64.9 Å². The van der Waals surface area contributed by atoms with Crippen LogP contribution in [-0.4, -0.2) is 202 Å². The van der Waals surface area contributed by atoms with Crippen molar-refractivity contribution in [3.63, 3.8) is 0 Å². The lowest BCUT2D eigenvalue weighted by molar-refractivity contribution is -0.163. The van der Waals surface area contributed by atoms with Gasteiger partial charge in [-0.3, -0.25) is 47.9 Å². The number of hydrogen-bond donors (Lipinski definition) is 5. The van der Waals surface area contributed by atoms with Crippen molar-refractivity contribution in [1.29, 1.82) is 0 Å². The lowest BCUT2D eigenvalue weighted by atomic mass is 9.80. The van der Waals surface area contributed by atoms with E-state index in [1.807, 2.05) is 34.6 Å². The van der Waals surface area contributed by atoms with E-state index in [1.54, 1.807) is 96.1 Å². The lowest BCUT2D eigenvalue weighted by Gasteiger charge is -2.36. The second-order valence-corrected chi connectivity index (χ2v) is 28.7. The largest absolute Gasteiger partial charge is 0.497 e. The molecule has 3 heterocycles. The van der Waals surface area contributed by atoms with Crippen molar-refractivity contribution in [2.75, 3.05) is 34.3 Å². The van der Waals surface area contributed by atoms with Crippen LogP contribution in [0.15, 0.2) is 54.6 Å². The number of carbonyl (C=O) groups is 12. The molecule has 8 amide bonds. The second kappa shape index (κ2) is 36.0. The van der Waals surface area contributed by atoms with Crippen LogP contribution in [0.25, 0.3) is 0 Å². The average molecular weight is 1360 g/mol. The molecule has 5 N–H and O–H groups in total. The molecule has 0 aliphatic carbocycles. The molecular weight excluding hydrogens is 1250 g/mol. The van der Waals surface area contributed by atoms with Crippen LogP contribution >= 0.6 is 0 Å². The summed E-state index contributed by atoms with van der Waals surface area (Å²) in [6, 6.07) is 5.42. The average Bonchev–Trinajstić information content (AvgIpc) is 1.78. The van der Waals surface area contributed by atoms with Crippen molar-refractivity contribution in [2.45, 2.75) is 240 Å². The first kappa shape index (κ1) is 79.7. The summed E-state index contributed by atoms with van der Waals surface area (Å²) < 4.78 is 22.9. The number of aliphatic hydroxyl groups is 1. The minimum atomic E-state index is -1.72.